The van der Waals surface area contributed by atoms with Gasteiger partial charge < -0.3 is 5.11 Å². The lowest BCUT2D eigenvalue weighted by atomic mass is 10.2. The Hall–Kier alpha value is -1.07. The van der Waals surface area contributed by atoms with Crippen molar-refractivity contribution in [3.63, 3.8) is 0 Å². The van der Waals surface area contributed by atoms with Crippen molar-refractivity contribution in [1.29, 1.82) is 0 Å². The van der Waals surface area contributed by atoms with Crippen molar-refractivity contribution in [2.75, 3.05) is 6.54 Å². The van der Waals surface area contributed by atoms with Crippen LogP contribution in [0, 0.1) is 6.92 Å². The molecule has 1 heterocycles. The molecule has 102 valence electrons. The van der Waals surface area contributed by atoms with Gasteiger partial charge in [-0.15, -0.1) is 0 Å². The highest BCUT2D eigenvalue weighted by molar-refractivity contribution is 6.31. The summed E-state index contributed by atoms with van der Waals surface area (Å²) in [5.74, 6) is -0.784. The molecule has 0 fully saturated rings. The third-order valence-corrected chi connectivity index (χ3v) is 3.45. The number of carbonyl (C=O) groups is 1. The van der Waals surface area contributed by atoms with Gasteiger partial charge in [-0.1, -0.05) is 11.6 Å². The maximum absolute atomic E-state index is 10.6. The summed E-state index contributed by atoms with van der Waals surface area (Å²) in [5.41, 5.74) is 1.73. The molecule has 1 rings (SSSR count). The summed E-state index contributed by atoms with van der Waals surface area (Å²) in [5, 5.41) is 13.7. The first-order valence-electron chi connectivity index (χ1n) is 5.96. The monoisotopic (exact) mass is 273 g/mol. The van der Waals surface area contributed by atoms with Crippen molar-refractivity contribution in [3.8, 4) is 0 Å². The zero-order valence-corrected chi connectivity index (χ0v) is 12.0. The first kappa shape index (κ1) is 15.0. The van der Waals surface area contributed by atoms with Gasteiger partial charge in [0.15, 0.2) is 0 Å². The van der Waals surface area contributed by atoms with E-state index in [1.165, 1.54) is 0 Å². The van der Waals surface area contributed by atoms with E-state index in [0.29, 0.717) is 18.1 Å². The Balaban J connectivity index is 2.80. The molecule has 18 heavy (non-hydrogen) atoms. The maximum atomic E-state index is 10.6. The van der Waals surface area contributed by atoms with Gasteiger partial charge in [-0.05, 0) is 20.8 Å². The van der Waals surface area contributed by atoms with Crippen LogP contribution in [0.5, 0.6) is 0 Å². The van der Waals surface area contributed by atoms with Crippen LogP contribution in [0.25, 0.3) is 0 Å². The highest BCUT2D eigenvalue weighted by Gasteiger charge is 2.17. The molecule has 0 atom stereocenters. The fourth-order valence-corrected chi connectivity index (χ4v) is 2.02. The maximum Gasteiger partial charge on any atom is 0.304 e. The summed E-state index contributed by atoms with van der Waals surface area (Å²) in [4.78, 5) is 12.7. The largest absolute Gasteiger partial charge is 0.481 e. The Morgan fingerprint density at radius 2 is 2.17 bits per heavy atom. The number of aryl methyl sites for hydroxylation is 2. The van der Waals surface area contributed by atoms with Crippen molar-refractivity contribution >= 4 is 17.6 Å². The number of aromatic nitrogens is 2. The van der Waals surface area contributed by atoms with Crippen LogP contribution in [0.3, 0.4) is 0 Å². The molecular weight excluding hydrogens is 254 g/mol. The van der Waals surface area contributed by atoms with Gasteiger partial charge in [-0.3, -0.25) is 14.4 Å². The second-order valence-electron chi connectivity index (χ2n) is 4.68. The first-order valence-corrected chi connectivity index (χ1v) is 6.34. The average Bonchev–Trinajstić information content (AvgIpc) is 2.49. The normalized spacial score (nSPS) is 11.5. The second kappa shape index (κ2) is 6.20. The molecule has 0 bridgehead atoms. The van der Waals surface area contributed by atoms with Crippen molar-refractivity contribution < 1.29 is 9.90 Å². The van der Waals surface area contributed by atoms with E-state index in [2.05, 4.69) is 10.00 Å². The Morgan fingerprint density at radius 3 is 2.56 bits per heavy atom. The SMILES string of the molecule is Cc1nn(C)c(CN(CCC(=O)O)C(C)C)c1Cl. The van der Waals surface area contributed by atoms with Gasteiger partial charge in [0.25, 0.3) is 0 Å². The highest BCUT2D eigenvalue weighted by Crippen LogP contribution is 2.21. The number of hydrogen-bond acceptors (Lipinski definition) is 3. The molecule has 5 nitrogen and oxygen atoms in total. The Labute approximate surface area is 112 Å². The summed E-state index contributed by atoms with van der Waals surface area (Å²) >= 11 is 6.20. The molecule has 0 aliphatic rings. The zero-order valence-electron chi connectivity index (χ0n) is 11.3. The summed E-state index contributed by atoms with van der Waals surface area (Å²) in [7, 11) is 1.85. The third kappa shape index (κ3) is 3.71. The Kier molecular flexibility index (Phi) is 5.16. The second-order valence-corrected chi connectivity index (χ2v) is 5.06. The van der Waals surface area contributed by atoms with E-state index >= 15 is 0 Å². The summed E-state index contributed by atoms with van der Waals surface area (Å²) in [6.45, 7) is 7.06. The minimum absolute atomic E-state index is 0.132. The summed E-state index contributed by atoms with van der Waals surface area (Å²) in [6, 6.07) is 0.260. The molecule has 1 N–H and O–H groups in total. The predicted octanol–water partition coefficient (Wildman–Crippen LogP) is 2.07. The van der Waals surface area contributed by atoms with Crippen molar-refractivity contribution in [3.05, 3.63) is 16.4 Å². The van der Waals surface area contributed by atoms with Crippen LogP contribution in [-0.2, 0) is 18.4 Å². The number of carboxylic acid groups (broad SMARTS) is 1. The van der Waals surface area contributed by atoms with Gasteiger partial charge in [0, 0.05) is 26.2 Å². The molecule has 6 heteroatoms. The van der Waals surface area contributed by atoms with E-state index in [0.717, 1.165) is 11.4 Å². The number of aliphatic carboxylic acids is 1. The van der Waals surface area contributed by atoms with Crippen molar-refractivity contribution in [2.45, 2.75) is 39.8 Å². The van der Waals surface area contributed by atoms with Gasteiger partial charge in [0.05, 0.1) is 22.8 Å². The molecule has 0 saturated carbocycles. The van der Waals surface area contributed by atoms with E-state index in [-0.39, 0.29) is 12.5 Å². The Morgan fingerprint density at radius 1 is 1.56 bits per heavy atom. The lowest BCUT2D eigenvalue weighted by Crippen LogP contribution is -2.33. The third-order valence-electron chi connectivity index (χ3n) is 2.96. The summed E-state index contributed by atoms with van der Waals surface area (Å²) < 4.78 is 1.76. The van der Waals surface area contributed by atoms with Gasteiger partial charge in [0.2, 0.25) is 0 Å². The van der Waals surface area contributed by atoms with Crippen LogP contribution >= 0.6 is 11.6 Å². The number of hydrogen-bond donors (Lipinski definition) is 1. The fraction of sp³-hybridized carbons (Fsp3) is 0.667. The van der Waals surface area contributed by atoms with Crippen LogP contribution in [0.1, 0.15) is 31.7 Å². The van der Waals surface area contributed by atoms with E-state index in [9.17, 15) is 4.79 Å². The van der Waals surface area contributed by atoms with Gasteiger partial charge in [-0.25, -0.2) is 0 Å². The van der Waals surface area contributed by atoms with Crippen LogP contribution in [-0.4, -0.2) is 38.3 Å². The molecule has 0 spiro atoms. The van der Waals surface area contributed by atoms with Crippen LogP contribution in [0.2, 0.25) is 5.02 Å². The lowest BCUT2D eigenvalue weighted by molar-refractivity contribution is -0.137. The van der Waals surface area contributed by atoms with Crippen molar-refractivity contribution in [2.24, 2.45) is 7.05 Å². The number of rotatable bonds is 6. The standard InChI is InChI=1S/C12H20ClN3O2/c1-8(2)16(6-5-11(17)18)7-10-12(13)9(3)14-15(10)4/h8H,5-7H2,1-4H3,(H,17,18). The molecule has 0 amide bonds. The number of nitrogens with zero attached hydrogens (tertiary/aromatic N) is 3. The molecule has 0 aliphatic heterocycles. The van der Waals surface area contributed by atoms with Gasteiger partial charge >= 0.3 is 5.97 Å². The highest BCUT2D eigenvalue weighted by atomic mass is 35.5. The van der Waals surface area contributed by atoms with E-state index in [1.54, 1.807) is 4.68 Å². The molecule has 1 aromatic rings. The minimum Gasteiger partial charge on any atom is -0.481 e. The average molecular weight is 274 g/mol. The molecule has 0 aromatic carbocycles. The number of halogens is 1. The molecule has 1 aromatic heterocycles. The topological polar surface area (TPSA) is 58.4 Å². The van der Waals surface area contributed by atoms with Crippen LogP contribution in [0.4, 0.5) is 0 Å². The summed E-state index contributed by atoms with van der Waals surface area (Å²) in [6.07, 6.45) is 0.132. The smallest absolute Gasteiger partial charge is 0.304 e. The molecule has 0 saturated heterocycles. The van der Waals surface area contributed by atoms with E-state index in [4.69, 9.17) is 16.7 Å². The van der Waals surface area contributed by atoms with Gasteiger partial charge in [0.1, 0.15) is 0 Å². The predicted molar refractivity (Wildman–Crippen MR) is 70.8 cm³/mol. The van der Waals surface area contributed by atoms with Crippen LogP contribution < -0.4 is 0 Å². The number of carboxylic acids is 1. The van der Waals surface area contributed by atoms with Gasteiger partial charge in [-0.2, -0.15) is 5.10 Å². The van der Waals surface area contributed by atoms with Crippen LogP contribution in [0.15, 0.2) is 0 Å². The molecular formula is C12H20ClN3O2. The van der Waals surface area contributed by atoms with E-state index in [1.807, 2.05) is 27.8 Å². The fourth-order valence-electron chi connectivity index (χ4n) is 1.80. The van der Waals surface area contributed by atoms with Crippen molar-refractivity contribution in [1.82, 2.24) is 14.7 Å². The van der Waals surface area contributed by atoms with E-state index < -0.39 is 5.97 Å². The molecule has 0 radical (unpaired) electrons. The molecule has 0 unspecified atom stereocenters. The Bertz CT molecular complexity index is 429. The quantitative estimate of drug-likeness (QED) is 0.862. The zero-order chi connectivity index (χ0) is 13.9. The minimum atomic E-state index is -0.784. The molecule has 0 aliphatic carbocycles. The lowest BCUT2D eigenvalue weighted by Gasteiger charge is -2.25. The first-order chi connectivity index (χ1) is 8.32.